The normalized spacial score (nSPS) is 22.9. The summed E-state index contributed by atoms with van der Waals surface area (Å²) in [5.74, 6) is 1.52. The van der Waals surface area contributed by atoms with Crippen LogP contribution in [0.5, 0.6) is 0 Å². The molecule has 4 atom stereocenters. The maximum absolute atomic E-state index is 13.1. The van der Waals surface area contributed by atoms with E-state index in [2.05, 4.69) is 84.2 Å². The summed E-state index contributed by atoms with van der Waals surface area (Å²) in [6, 6.07) is 20.9. The lowest BCUT2D eigenvalue weighted by molar-refractivity contribution is -0.0355. The van der Waals surface area contributed by atoms with E-state index >= 15 is 0 Å². The van der Waals surface area contributed by atoms with Gasteiger partial charge in [0.05, 0.1) is 19.0 Å². The lowest BCUT2D eigenvalue weighted by Crippen LogP contribution is -2.68. The number of halogens is 1. The highest BCUT2D eigenvalue weighted by Gasteiger charge is 2.54. The number of likely N-dealkylation sites (tertiary alicyclic amines) is 1. The number of imidazole rings is 1. The van der Waals surface area contributed by atoms with Crippen LogP contribution < -0.4 is 10.4 Å². The second-order valence-electron chi connectivity index (χ2n) is 13.4. The van der Waals surface area contributed by atoms with Crippen LogP contribution in [-0.4, -0.2) is 89.7 Å². The molecule has 2 fully saturated rings. The second-order valence-corrected chi connectivity index (χ2v) is 20.8. The SMILES string of the molecule is CN1CCCC1=Nc1ncnc2c1ncn2[C@H]1C[C@H](O[Si](c2ccccc2)(c2ccccc2)C(C)(C)C)[C@@H](CO[P@@](=O)(Cl)N(C)C)O1. The third-order valence-corrected chi connectivity index (χ3v) is 16.7. The zero-order valence-electron chi connectivity index (χ0n) is 27.8. The van der Waals surface area contributed by atoms with E-state index in [0.29, 0.717) is 23.4 Å². The van der Waals surface area contributed by atoms with Crippen molar-refractivity contribution in [2.24, 2.45) is 4.99 Å². The summed E-state index contributed by atoms with van der Waals surface area (Å²) < 4.78 is 36.5. The van der Waals surface area contributed by atoms with E-state index in [0.717, 1.165) is 35.6 Å². The average Bonchev–Trinajstić information content (AvgIpc) is 3.77. The van der Waals surface area contributed by atoms with Crippen molar-refractivity contribution in [1.29, 1.82) is 0 Å². The van der Waals surface area contributed by atoms with Gasteiger partial charge in [-0.25, -0.2) is 24.6 Å². The smallest absolute Gasteiger partial charge is 0.362 e. The van der Waals surface area contributed by atoms with Gasteiger partial charge in [0.15, 0.2) is 17.0 Å². The number of ether oxygens (including phenoxy) is 1. The zero-order valence-corrected chi connectivity index (χ0v) is 30.4. The molecule has 0 N–H and O–H groups in total. The van der Waals surface area contributed by atoms with Gasteiger partial charge >= 0.3 is 6.87 Å². The number of hydrogen-bond acceptors (Lipinski definition) is 8. The molecule has 0 spiro atoms. The fourth-order valence-corrected chi connectivity index (χ4v) is 12.0. The lowest BCUT2D eigenvalue weighted by atomic mass is 10.2. The number of fused-ring (bicyclic) bond motifs is 1. The first-order valence-electron chi connectivity index (χ1n) is 15.9. The fourth-order valence-electron chi connectivity index (χ4n) is 6.53. The van der Waals surface area contributed by atoms with Gasteiger partial charge in [0, 0.05) is 26.4 Å². The molecule has 0 aliphatic carbocycles. The summed E-state index contributed by atoms with van der Waals surface area (Å²) >= 11 is 6.33. The number of rotatable bonds is 10. The maximum Gasteiger partial charge on any atom is 0.362 e. The topological polar surface area (TPSA) is 107 Å². The molecule has 0 radical (unpaired) electrons. The third kappa shape index (κ3) is 6.70. The molecule has 2 aliphatic rings. The van der Waals surface area contributed by atoms with Crippen LogP contribution in [0, 0.1) is 0 Å². The van der Waals surface area contributed by atoms with Gasteiger partial charge < -0.3 is 18.6 Å². The van der Waals surface area contributed by atoms with Crippen molar-refractivity contribution < 1.29 is 18.3 Å². The molecule has 4 aromatic rings. The Kier molecular flexibility index (Phi) is 9.75. The minimum Gasteiger partial charge on any atom is -0.402 e. The molecule has 14 heteroatoms. The molecule has 2 aromatic carbocycles. The Balaban J connectivity index is 1.40. The highest BCUT2D eigenvalue weighted by atomic mass is 35.7. The highest BCUT2D eigenvalue weighted by Crippen LogP contribution is 2.54. The van der Waals surface area contributed by atoms with Crippen LogP contribution in [0.2, 0.25) is 5.04 Å². The quantitative estimate of drug-likeness (QED) is 0.152. The van der Waals surface area contributed by atoms with E-state index in [4.69, 9.17) is 34.9 Å². The van der Waals surface area contributed by atoms with Crippen molar-refractivity contribution in [2.75, 3.05) is 34.3 Å². The highest BCUT2D eigenvalue weighted by molar-refractivity contribution is 7.83. The number of aromatic nitrogens is 4. The van der Waals surface area contributed by atoms with Gasteiger partial charge in [0.2, 0.25) is 0 Å². The van der Waals surface area contributed by atoms with Crippen LogP contribution in [0.25, 0.3) is 11.2 Å². The Hall–Kier alpha value is -2.96. The standard InChI is InChI=1S/C33H43ClN7O4PSi/c1-33(2,3)47(24-14-9-7-10-15-24,25-16-11-8-12-17-25)45-26-20-29(44-27(26)21-43-46(34,42)39(4)5)41-23-37-30-31(35-22-36-32(30)41)38-28-18-13-19-40(28)6/h7-12,14-17,22-23,26-27,29H,13,18-21H2,1-6H3/t26-,27+,29+,46-/m0/s1. The van der Waals surface area contributed by atoms with Crippen LogP contribution >= 0.6 is 18.1 Å². The van der Waals surface area contributed by atoms with Crippen molar-refractivity contribution in [3.05, 3.63) is 73.3 Å². The molecule has 2 saturated heterocycles. The van der Waals surface area contributed by atoms with Crippen molar-refractivity contribution in [2.45, 2.75) is 63.5 Å². The molecule has 6 rings (SSSR count). The van der Waals surface area contributed by atoms with Crippen LogP contribution in [0.15, 0.2) is 78.3 Å². The third-order valence-electron chi connectivity index (χ3n) is 9.02. The van der Waals surface area contributed by atoms with Gasteiger partial charge in [0.1, 0.15) is 24.5 Å². The molecule has 2 aromatic heterocycles. The molecule has 0 saturated carbocycles. The molecule has 47 heavy (non-hydrogen) atoms. The van der Waals surface area contributed by atoms with Gasteiger partial charge in [0.25, 0.3) is 8.32 Å². The fraction of sp³-hybridized carbons (Fsp3) is 0.455. The minimum absolute atomic E-state index is 0.0226. The Bertz CT molecular complexity index is 1730. The minimum atomic E-state index is -3.57. The van der Waals surface area contributed by atoms with Gasteiger partial charge in [-0.2, -0.15) is 0 Å². The first-order valence-corrected chi connectivity index (χ1v) is 20.3. The van der Waals surface area contributed by atoms with Crippen LogP contribution in [-0.2, 0) is 18.3 Å². The summed E-state index contributed by atoms with van der Waals surface area (Å²) in [5, 5.41) is 2.04. The largest absolute Gasteiger partial charge is 0.402 e. The van der Waals surface area contributed by atoms with Crippen molar-refractivity contribution >= 4 is 59.6 Å². The van der Waals surface area contributed by atoms with Crippen LogP contribution in [0.1, 0.15) is 46.3 Å². The van der Waals surface area contributed by atoms with E-state index in [-0.39, 0.29) is 11.6 Å². The summed E-state index contributed by atoms with van der Waals surface area (Å²) in [6.45, 7) is 4.10. The van der Waals surface area contributed by atoms with E-state index in [1.807, 2.05) is 23.7 Å². The predicted molar refractivity (Wildman–Crippen MR) is 188 cm³/mol. The first-order chi connectivity index (χ1) is 22.4. The number of amidine groups is 1. The monoisotopic (exact) mass is 695 g/mol. The molecule has 250 valence electrons. The summed E-state index contributed by atoms with van der Waals surface area (Å²) in [4.78, 5) is 20.7. The van der Waals surface area contributed by atoms with E-state index in [1.165, 1.54) is 11.0 Å². The Morgan fingerprint density at radius 1 is 1.06 bits per heavy atom. The van der Waals surface area contributed by atoms with Crippen LogP contribution in [0.3, 0.4) is 0 Å². The zero-order chi connectivity index (χ0) is 33.4. The summed E-state index contributed by atoms with van der Waals surface area (Å²) in [6.07, 6.45) is 4.17. The summed E-state index contributed by atoms with van der Waals surface area (Å²) in [7, 11) is 2.32. The van der Waals surface area contributed by atoms with E-state index < -0.39 is 33.6 Å². The molecular formula is C33H43ClN7O4PSi. The van der Waals surface area contributed by atoms with Gasteiger partial charge in [-0.3, -0.25) is 9.13 Å². The van der Waals surface area contributed by atoms with Crippen molar-refractivity contribution in [1.82, 2.24) is 29.1 Å². The number of aliphatic imine (C=N–C) groups is 1. The van der Waals surface area contributed by atoms with Gasteiger partial charge in [-0.15, -0.1) is 0 Å². The first kappa shape index (κ1) is 33.9. The Morgan fingerprint density at radius 2 is 1.72 bits per heavy atom. The maximum atomic E-state index is 13.1. The van der Waals surface area contributed by atoms with Crippen molar-refractivity contribution in [3.8, 4) is 0 Å². The molecule has 2 aliphatic heterocycles. The number of benzene rings is 2. The lowest BCUT2D eigenvalue weighted by Gasteiger charge is -2.45. The van der Waals surface area contributed by atoms with E-state index in [9.17, 15) is 4.57 Å². The predicted octanol–water partition coefficient (Wildman–Crippen LogP) is 5.74. The van der Waals surface area contributed by atoms with Crippen LogP contribution in [0.4, 0.5) is 5.82 Å². The molecule has 4 heterocycles. The Labute approximate surface area is 282 Å². The number of hydrogen-bond donors (Lipinski definition) is 0. The molecular weight excluding hydrogens is 653 g/mol. The second kappa shape index (κ2) is 13.5. The van der Waals surface area contributed by atoms with Crippen molar-refractivity contribution in [3.63, 3.8) is 0 Å². The molecule has 0 unspecified atom stereocenters. The van der Waals surface area contributed by atoms with Gasteiger partial charge in [-0.05, 0) is 47.2 Å². The Morgan fingerprint density at radius 3 is 2.30 bits per heavy atom. The molecule has 11 nitrogen and oxygen atoms in total. The molecule has 0 amide bonds. The summed E-state index contributed by atoms with van der Waals surface area (Å²) in [5.41, 5.74) is 1.22. The number of nitrogens with zero attached hydrogens (tertiary/aromatic N) is 7. The average molecular weight is 696 g/mol. The van der Waals surface area contributed by atoms with Gasteiger partial charge in [-0.1, -0.05) is 81.4 Å². The van der Waals surface area contributed by atoms with E-state index in [1.54, 1.807) is 20.4 Å². The molecule has 0 bridgehead atoms.